The number of rotatable bonds is 0. The minimum absolute atomic E-state index is 0.0866. The van der Waals surface area contributed by atoms with Crippen LogP contribution in [0.1, 0.15) is 31.8 Å². The summed E-state index contributed by atoms with van der Waals surface area (Å²) in [4.78, 5) is 24.5. The van der Waals surface area contributed by atoms with Crippen LogP contribution < -0.4 is 0 Å². The molecule has 0 heterocycles. The predicted molar refractivity (Wildman–Crippen MR) is 67.4 cm³/mol. The molecule has 0 aromatic heterocycles. The third-order valence-corrected chi connectivity index (χ3v) is 3.56. The van der Waals surface area contributed by atoms with Crippen LogP contribution in [0, 0.1) is 0 Å². The lowest BCUT2D eigenvalue weighted by atomic mass is 9.84. The number of fused-ring (bicyclic) bond motifs is 2. The standard InChI is InChI=1S/C14H7BrO2/c15-11-7-3-6-10-12(11)14(17)9-5-2-1-4-8(9)13(10)16/h1-7H. The van der Waals surface area contributed by atoms with Crippen molar-refractivity contribution in [2.45, 2.75) is 0 Å². The zero-order valence-electron chi connectivity index (χ0n) is 8.74. The minimum atomic E-state index is -0.0947. The van der Waals surface area contributed by atoms with E-state index in [1.54, 1.807) is 42.5 Å². The fourth-order valence-corrected chi connectivity index (χ4v) is 2.65. The second-order valence-electron chi connectivity index (χ2n) is 3.87. The molecular weight excluding hydrogens is 280 g/mol. The zero-order chi connectivity index (χ0) is 12.0. The maximum absolute atomic E-state index is 12.3. The van der Waals surface area contributed by atoms with E-state index >= 15 is 0 Å². The normalized spacial score (nSPS) is 13.2. The van der Waals surface area contributed by atoms with Crippen molar-refractivity contribution < 1.29 is 9.59 Å². The lowest BCUT2D eigenvalue weighted by Crippen LogP contribution is -2.21. The summed E-state index contributed by atoms with van der Waals surface area (Å²) in [5.41, 5.74) is 1.92. The van der Waals surface area contributed by atoms with Gasteiger partial charge in [-0.3, -0.25) is 9.59 Å². The Labute approximate surface area is 106 Å². The van der Waals surface area contributed by atoms with E-state index in [2.05, 4.69) is 15.9 Å². The van der Waals surface area contributed by atoms with Crippen molar-refractivity contribution in [1.82, 2.24) is 0 Å². The van der Waals surface area contributed by atoms with Crippen LogP contribution in [0.3, 0.4) is 0 Å². The fraction of sp³-hybridized carbons (Fsp3) is 0. The van der Waals surface area contributed by atoms with Gasteiger partial charge in [-0.05, 0) is 6.07 Å². The van der Waals surface area contributed by atoms with Crippen molar-refractivity contribution in [1.29, 1.82) is 0 Å². The van der Waals surface area contributed by atoms with Crippen LogP contribution in [0.25, 0.3) is 0 Å². The molecule has 2 nitrogen and oxygen atoms in total. The molecule has 0 radical (unpaired) electrons. The largest absolute Gasteiger partial charge is 0.289 e. The molecule has 0 saturated heterocycles. The Bertz CT molecular complexity index is 659. The van der Waals surface area contributed by atoms with E-state index in [0.717, 1.165) is 0 Å². The molecule has 1 aliphatic rings. The molecule has 2 aromatic rings. The van der Waals surface area contributed by atoms with Crippen molar-refractivity contribution in [2.75, 3.05) is 0 Å². The van der Waals surface area contributed by atoms with E-state index < -0.39 is 0 Å². The van der Waals surface area contributed by atoms with E-state index in [1.165, 1.54) is 0 Å². The second kappa shape index (κ2) is 3.64. The summed E-state index contributed by atoms with van der Waals surface area (Å²) in [6.07, 6.45) is 0. The summed E-state index contributed by atoms with van der Waals surface area (Å²) in [6, 6.07) is 12.2. The number of carbonyl (C=O) groups excluding carboxylic acids is 2. The molecule has 2 aromatic carbocycles. The van der Waals surface area contributed by atoms with E-state index in [1.807, 2.05) is 0 Å². The van der Waals surface area contributed by atoms with Crippen LogP contribution in [0.2, 0.25) is 0 Å². The highest BCUT2D eigenvalue weighted by Gasteiger charge is 2.30. The van der Waals surface area contributed by atoms with Crippen LogP contribution in [0.5, 0.6) is 0 Å². The maximum Gasteiger partial charge on any atom is 0.195 e. The molecule has 82 valence electrons. The van der Waals surface area contributed by atoms with Gasteiger partial charge >= 0.3 is 0 Å². The molecule has 0 atom stereocenters. The summed E-state index contributed by atoms with van der Waals surface area (Å²) < 4.78 is 0.669. The van der Waals surface area contributed by atoms with Crippen LogP contribution in [-0.4, -0.2) is 11.6 Å². The van der Waals surface area contributed by atoms with Gasteiger partial charge < -0.3 is 0 Å². The quantitative estimate of drug-likeness (QED) is 0.636. The molecule has 3 heteroatoms. The van der Waals surface area contributed by atoms with E-state index in [4.69, 9.17) is 0 Å². The summed E-state index contributed by atoms with van der Waals surface area (Å²) >= 11 is 3.33. The first-order valence-corrected chi connectivity index (χ1v) is 5.96. The van der Waals surface area contributed by atoms with Crippen LogP contribution >= 0.6 is 15.9 Å². The third kappa shape index (κ3) is 1.39. The molecule has 3 rings (SSSR count). The lowest BCUT2D eigenvalue weighted by Gasteiger charge is -2.17. The molecule has 1 aliphatic carbocycles. The molecule has 17 heavy (non-hydrogen) atoms. The molecule has 0 saturated carbocycles. The van der Waals surface area contributed by atoms with Gasteiger partial charge in [0.25, 0.3) is 0 Å². The number of halogens is 1. The van der Waals surface area contributed by atoms with Crippen molar-refractivity contribution in [3.8, 4) is 0 Å². The first-order valence-electron chi connectivity index (χ1n) is 5.17. The molecule has 0 aliphatic heterocycles. The Morgan fingerprint density at radius 2 is 1.29 bits per heavy atom. The Kier molecular flexibility index (Phi) is 2.23. The van der Waals surface area contributed by atoms with Gasteiger partial charge in [0.2, 0.25) is 0 Å². The summed E-state index contributed by atoms with van der Waals surface area (Å²) in [5, 5.41) is 0. The Morgan fingerprint density at radius 3 is 2.00 bits per heavy atom. The maximum atomic E-state index is 12.3. The highest BCUT2D eigenvalue weighted by Crippen LogP contribution is 2.31. The minimum Gasteiger partial charge on any atom is -0.289 e. The van der Waals surface area contributed by atoms with Crippen LogP contribution in [0.4, 0.5) is 0 Å². The van der Waals surface area contributed by atoms with Gasteiger partial charge in [0, 0.05) is 26.7 Å². The van der Waals surface area contributed by atoms with Gasteiger partial charge in [0.05, 0.1) is 0 Å². The summed E-state index contributed by atoms with van der Waals surface area (Å²) in [5.74, 6) is -0.181. The number of ketones is 2. The van der Waals surface area contributed by atoms with Gasteiger partial charge in [-0.2, -0.15) is 0 Å². The van der Waals surface area contributed by atoms with Crippen molar-refractivity contribution in [2.24, 2.45) is 0 Å². The zero-order valence-corrected chi connectivity index (χ0v) is 10.3. The highest BCUT2D eigenvalue weighted by molar-refractivity contribution is 9.10. The summed E-state index contributed by atoms with van der Waals surface area (Å²) in [7, 11) is 0. The number of benzene rings is 2. The topological polar surface area (TPSA) is 34.1 Å². The predicted octanol–water partition coefficient (Wildman–Crippen LogP) is 3.22. The van der Waals surface area contributed by atoms with Crippen molar-refractivity contribution in [3.05, 3.63) is 69.2 Å². The van der Waals surface area contributed by atoms with Gasteiger partial charge in [0.15, 0.2) is 11.6 Å². The molecular formula is C14H7BrO2. The number of hydrogen-bond acceptors (Lipinski definition) is 2. The van der Waals surface area contributed by atoms with Gasteiger partial charge in [-0.1, -0.05) is 52.3 Å². The Balaban J connectivity index is 2.37. The lowest BCUT2D eigenvalue weighted by molar-refractivity contribution is 0.0978. The Hall–Kier alpha value is -1.74. The number of carbonyl (C=O) groups is 2. The van der Waals surface area contributed by atoms with E-state index in [-0.39, 0.29) is 11.6 Å². The molecule has 0 amide bonds. The smallest absolute Gasteiger partial charge is 0.195 e. The van der Waals surface area contributed by atoms with E-state index in [9.17, 15) is 9.59 Å². The van der Waals surface area contributed by atoms with E-state index in [0.29, 0.717) is 26.7 Å². The molecule has 0 N–H and O–H groups in total. The SMILES string of the molecule is O=C1c2ccccc2C(=O)c2c(Br)cccc21. The van der Waals surface area contributed by atoms with Gasteiger partial charge in [-0.15, -0.1) is 0 Å². The van der Waals surface area contributed by atoms with Gasteiger partial charge in [-0.25, -0.2) is 0 Å². The Morgan fingerprint density at radius 1 is 0.706 bits per heavy atom. The average molecular weight is 287 g/mol. The average Bonchev–Trinajstić information content (AvgIpc) is 2.36. The molecule has 0 bridgehead atoms. The van der Waals surface area contributed by atoms with Gasteiger partial charge in [0.1, 0.15) is 0 Å². The highest BCUT2D eigenvalue weighted by atomic mass is 79.9. The first kappa shape index (κ1) is 10.4. The first-order chi connectivity index (χ1) is 8.20. The van der Waals surface area contributed by atoms with Crippen LogP contribution in [0.15, 0.2) is 46.9 Å². The van der Waals surface area contributed by atoms with Crippen molar-refractivity contribution >= 4 is 27.5 Å². The monoisotopic (exact) mass is 286 g/mol. The molecule has 0 spiro atoms. The van der Waals surface area contributed by atoms with Crippen molar-refractivity contribution in [3.63, 3.8) is 0 Å². The molecule has 0 fully saturated rings. The number of hydrogen-bond donors (Lipinski definition) is 0. The third-order valence-electron chi connectivity index (χ3n) is 2.90. The second-order valence-corrected chi connectivity index (χ2v) is 4.72. The van der Waals surface area contributed by atoms with Crippen LogP contribution in [-0.2, 0) is 0 Å². The summed E-state index contributed by atoms with van der Waals surface area (Å²) in [6.45, 7) is 0. The molecule has 0 unspecified atom stereocenters. The fourth-order valence-electron chi connectivity index (χ4n) is 2.10.